The fourth-order valence-electron chi connectivity index (χ4n) is 1.23. The molecule has 0 aliphatic heterocycles. The molecule has 1 aromatic heterocycles. The van der Waals surface area contributed by atoms with E-state index in [4.69, 9.17) is 17.4 Å². The smallest absolute Gasteiger partial charge is 0.239 e. The predicted molar refractivity (Wildman–Crippen MR) is 72.2 cm³/mol. The van der Waals surface area contributed by atoms with Gasteiger partial charge in [0.2, 0.25) is 5.95 Å². The van der Waals surface area contributed by atoms with Crippen molar-refractivity contribution in [2.45, 2.75) is 0 Å². The first-order valence-electron chi connectivity index (χ1n) is 4.81. The van der Waals surface area contributed by atoms with Crippen molar-refractivity contribution in [1.82, 2.24) is 9.97 Å². The van der Waals surface area contributed by atoms with Gasteiger partial charge in [-0.15, -0.1) is 0 Å². The number of anilines is 3. The fraction of sp³-hybridized carbons (Fsp3) is 0. The Balaban J connectivity index is 2.30. The van der Waals surface area contributed by atoms with E-state index >= 15 is 0 Å². The number of nitrogens with zero attached hydrogens (tertiary/aromatic N) is 2. The van der Waals surface area contributed by atoms with Gasteiger partial charge >= 0.3 is 0 Å². The Morgan fingerprint density at radius 1 is 1.39 bits per heavy atom. The molecule has 4 N–H and O–H groups in total. The minimum Gasteiger partial charge on any atom is -0.338 e. The molecular weight excluding hydrogens is 324 g/mol. The summed E-state index contributed by atoms with van der Waals surface area (Å²) in [5.74, 6) is 4.71. The van der Waals surface area contributed by atoms with Gasteiger partial charge in [0, 0.05) is 10.2 Å². The molecule has 0 saturated carbocycles. The third-order valence-corrected chi connectivity index (χ3v) is 3.27. The van der Waals surface area contributed by atoms with Crippen LogP contribution in [0.2, 0.25) is 5.02 Å². The highest BCUT2D eigenvalue weighted by molar-refractivity contribution is 9.10. The number of nitrogen functional groups attached to an aromatic ring is 1. The summed E-state index contributed by atoms with van der Waals surface area (Å²) in [7, 11) is 0. The summed E-state index contributed by atoms with van der Waals surface area (Å²) in [6, 6.07) is 5.08. The van der Waals surface area contributed by atoms with Crippen LogP contribution in [0.3, 0.4) is 0 Å². The lowest BCUT2D eigenvalue weighted by Gasteiger charge is -2.08. The van der Waals surface area contributed by atoms with Gasteiger partial charge in [-0.3, -0.25) is 5.43 Å². The average molecular weight is 333 g/mol. The van der Waals surface area contributed by atoms with Gasteiger partial charge in [-0.25, -0.2) is 15.2 Å². The molecule has 1 heterocycles. The SMILES string of the molecule is NNc1ncc(F)c(Nc2ccc(Cl)c(Br)c2)n1. The molecule has 0 atom stereocenters. The lowest BCUT2D eigenvalue weighted by molar-refractivity contribution is 0.619. The number of nitrogens with two attached hydrogens (primary N) is 1. The van der Waals surface area contributed by atoms with Crippen LogP contribution >= 0.6 is 27.5 Å². The maximum Gasteiger partial charge on any atom is 0.239 e. The van der Waals surface area contributed by atoms with E-state index in [1.165, 1.54) is 0 Å². The summed E-state index contributed by atoms with van der Waals surface area (Å²) < 4.78 is 14.2. The Bertz CT molecular complexity index is 580. The Morgan fingerprint density at radius 2 is 2.17 bits per heavy atom. The Hall–Kier alpha value is -1.44. The maximum absolute atomic E-state index is 13.5. The highest BCUT2D eigenvalue weighted by Crippen LogP contribution is 2.27. The highest BCUT2D eigenvalue weighted by Gasteiger charge is 2.07. The molecule has 0 aliphatic carbocycles. The Morgan fingerprint density at radius 3 is 2.83 bits per heavy atom. The van der Waals surface area contributed by atoms with Crippen LogP contribution < -0.4 is 16.6 Å². The standard InChI is InChI=1S/C10H8BrClFN5/c11-6-3-5(1-2-7(6)12)16-9-8(13)4-15-10(17-9)18-14/h1-4H,14H2,(H2,15,16,17,18). The van der Waals surface area contributed by atoms with Crippen molar-refractivity contribution in [3.8, 4) is 0 Å². The van der Waals surface area contributed by atoms with Gasteiger partial charge in [-0.1, -0.05) is 11.6 Å². The molecule has 18 heavy (non-hydrogen) atoms. The molecule has 1 aromatic carbocycles. The molecule has 0 aliphatic rings. The molecule has 0 fully saturated rings. The summed E-state index contributed by atoms with van der Waals surface area (Å²) in [5.41, 5.74) is 2.87. The maximum atomic E-state index is 13.5. The van der Waals surface area contributed by atoms with Crippen molar-refractivity contribution in [3.05, 3.63) is 39.7 Å². The Kier molecular flexibility index (Phi) is 3.95. The number of aromatic nitrogens is 2. The summed E-state index contributed by atoms with van der Waals surface area (Å²) in [6.07, 6.45) is 1.02. The molecule has 2 aromatic rings. The number of hydrogen-bond donors (Lipinski definition) is 3. The number of hydrazine groups is 1. The van der Waals surface area contributed by atoms with Gasteiger partial charge in [0.25, 0.3) is 0 Å². The van der Waals surface area contributed by atoms with E-state index < -0.39 is 5.82 Å². The van der Waals surface area contributed by atoms with Gasteiger partial charge in [0.15, 0.2) is 11.6 Å². The third-order valence-electron chi connectivity index (χ3n) is 2.06. The molecule has 8 heteroatoms. The normalized spacial score (nSPS) is 10.2. The Labute approximate surface area is 116 Å². The second-order valence-corrected chi connectivity index (χ2v) is 4.55. The number of rotatable bonds is 3. The number of nitrogens with one attached hydrogen (secondary N) is 2. The van der Waals surface area contributed by atoms with E-state index in [0.29, 0.717) is 15.2 Å². The van der Waals surface area contributed by atoms with Crippen LogP contribution in [0.25, 0.3) is 0 Å². The van der Waals surface area contributed by atoms with Crippen molar-refractivity contribution in [3.63, 3.8) is 0 Å². The van der Waals surface area contributed by atoms with Crippen LogP contribution in [0, 0.1) is 5.82 Å². The lowest BCUT2D eigenvalue weighted by Crippen LogP contribution is -2.11. The van der Waals surface area contributed by atoms with Crippen LogP contribution in [0.1, 0.15) is 0 Å². The second kappa shape index (κ2) is 5.47. The fourth-order valence-corrected chi connectivity index (χ4v) is 1.73. The minimum atomic E-state index is -0.583. The van der Waals surface area contributed by atoms with Crippen molar-refractivity contribution in [2.24, 2.45) is 5.84 Å². The first-order chi connectivity index (χ1) is 8.60. The van der Waals surface area contributed by atoms with E-state index in [1.807, 2.05) is 0 Å². The predicted octanol–water partition coefficient (Wildman–Crippen LogP) is 3.06. The molecular formula is C10H8BrClFN5. The van der Waals surface area contributed by atoms with Crippen LogP contribution in [0.15, 0.2) is 28.9 Å². The van der Waals surface area contributed by atoms with E-state index in [2.05, 4.69) is 36.6 Å². The van der Waals surface area contributed by atoms with Gasteiger partial charge < -0.3 is 5.32 Å². The molecule has 2 rings (SSSR count). The average Bonchev–Trinajstić information content (AvgIpc) is 2.36. The summed E-state index contributed by atoms with van der Waals surface area (Å²) >= 11 is 9.14. The molecule has 0 bridgehead atoms. The molecule has 0 unspecified atom stereocenters. The lowest BCUT2D eigenvalue weighted by atomic mass is 10.3. The van der Waals surface area contributed by atoms with E-state index in [9.17, 15) is 4.39 Å². The number of benzene rings is 1. The number of hydrogen-bond acceptors (Lipinski definition) is 5. The van der Waals surface area contributed by atoms with Crippen LogP contribution in [-0.2, 0) is 0 Å². The molecule has 0 amide bonds. The minimum absolute atomic E-state index is 0.0205. The van der Waals surface area contributed by atoms with E-state index in [-0.39, 0.29) is 11.8 Å². The second-order valence-electron chi connectivity index (χ2n) is 3.29. The monoisotopic (exact) mass is 331 g/mol. The molecule has 0 saturated heterocycles. The first kappa shape index (κ1) is 13.0. The largest absolute Gasteiger partial charge is 0.338 e. The first-order valence-corrected chi connectivity index (χ1v) is 5.98. The zero-order valence-electron chi connectivity index (χ0n) is 8.92. The zero-order valence-corrected chi connectivity index (χ0v) is 11.3. The van der Waals surface area contributed by atoms with Gasteiger partial charge in [-0.05, 0) is 34.1 Å². The third kappa shape index (κ3) is 2.87. The van der Waals surface area contributed by atoms with Gasteiger partial charge in [-0.2, -0.15) is 4.98 Å². The number of halogens is 3. The summed E-state index contributed by atoms with van der Waals surface area (Å²) in [5, 5.41) is 3.37. The van der Waals surface area contributed by atoms with Gasteiger partial charge in [0.05, 0.1) is 11.2 Å². The molecule has 5 nitrogen and oxygen atoms in total. The van der Waals surface area contributed by atoms with Crippen LogP contribution in [0.5, 0.6) is 0 Å². The van der Waals surface area contributed by atoms with E-state index in [0.717, 1.165) is 6.20 Å². The molecule has 0 radical (unpaired) electrons. The molecule has 94 valence electrons. The quantitative estimate of drug-likeness (QED) is 0.595. The van der Waals surface area contributed by atoms with Crippen molar-refractivity contribution < 1.29 is 4.39 Å². The van der Waals surface area contributed by atoms with Crippen LogP contribution in [0.4, 0.5) is 21.8 Å². The zero-order chi connectivity index (χ0) is 13.1. The van der Waals surface area contributed by atoms with Crippen molar-refractivity contribution in [2.75, 3.05) is 10.7 Å². The van der Waals surface area contributed by atoms with Crippen molar-refractivity contribution >= 4 is 45.0 Å². The summed E-state index contributed by atoms with van der Waals surface area (Å²) in [6.45, 7) is 0. The highest BCUT2D eigenvalue weighted by atomic mass is 79.9. The van der Waals surface area contributed by atoms with Crippen molar-refractivity contribution in [1.29, 1.82) is 0 Å². The van der Waals surface area contributed by atoms with Crippen LogP contribution in [-0.4, -0.2) is 9.97 Å². The summed E-state index contributed by atoms with van der Waals surface area (Å²) in [4.78, 5) is 7.49. The van der Waals surface area contributed by atoms with Gasteiger partial charge in [0.1, 0.15) is 0 Å². The molecule has 0 spiro atoms. The topological polar surface area (TPSA) is 75.9 Å². The van der Waals surface area contributed by atoms with E-state index in [1.54, 1.807) is 18.2 Å².